The summed E-state index contributed by atoms with van der Waals surface area (Å²) in [7, 11) is -4.00. The highest BCUT2D eigenvalue weighted by Crippen LogP contribution is 2.21. The first-order chi connectivity index (χ1) is 12.1. The van der Waals surface area contributed by atoms with Gasteiger partial charge in [0, 0.05) is 11.3 Å². The number of nitrogens with two attached hydrogens (primary N) is 1. The molecule has 1 atom stereocenters. The molecule has 1 amide bonds. The molecule has 9 heteroatoms. The highest BCUT2D eigenvalue weighted by molar-refractivity contribution is 7.92. The fourth-order valence-electron chi connectivity index (χ4n) is 2.05. The third-order valence-electron chi connectivity index (χ3n) is 3.56. The SMILES string of the molecule is Cc1c(F)cccc1S(=O)(=O)Nc1ccc(C(=O)OC(C)C(N)=O)cc1. The van der Waals surface area contributed by atoms with E-state index in [9.17, 15) is 22.4 Å². The number of esters is 1. The van der Waals surface area contributed by atoms with Gasteiger partial charge in [0.05, 0.1) is 10.5 Å². The number of nitrogens with one attached hydrogen (secondary N) is 1. The Hall–Kier alpha value is -2.94. The normalized spacial score (nSPS) is 12.3. The Morgan fingerprint density at radius 1 is 1.15 bits per heavy atom. The fraction of sp³-hybridized carbons (Fsp3) is 0.176. The highest BCUT2D eigenvalue weighted by Gasteiger charge is 2.20. The molecular weight excluding hydrogens is 363 g/mol. The molecule has 0 aromatic heterocycles. The topological polar surface area (TPSA) is 116 Å². The molecule has 0 radical (unpaired) electrons. The van der Waals surface area contributed by atoms with Crippen molar-refractivity contribution in [2.24, 2.45) is 5.73 Å². The molecule has 0 bridgehead atoms. The highest BCUT2D eigenvalue weighted by atomic mass is 32.2. The Balaban J connectivity index is 2.17. The molecule has 2 aromatic rings. The second kappa shape index (κ2) is 7.52. The minimum atomic E-state index is -4.00. The van der Waals surface area contributed by atoms with Crippen molar-refractivity contribution in [1.82, 2.24) is 0 Å². The maximum Gasteiger partial charge on any atom is 0.338 e. The Morgan fingerprint density at radius 3 is 2.35 bits per heavy atom. The predicted octanol–water partition coefficient (Wildman–Crippen LogP) is 1.97. The smallest absolute Gasteiger partial charge is 0.338 e. The average molecular weight is 380 g/mol. The van der Waals surface area contributed by atoms with Crippen molar-refractivity contribution in [2.75, 3.05) is 4.72 Å². The molecule has 0 saturated carbocycles. The summed E-state index contributed by atoms with van der Waals surface area (Å²) >= 11 is 0. The molecule has 0 heterocycles. The van der Waals surface area contributed by atoms with E-state index in [0.717, 1.165) is 0 Å². The largest absolute Gasteiger partial charge is 0.449 e. The molecule has 2 aromatic carbocycles. The van der Waals surface area contributed by atoms with Crippen LogP contribution in [0.4, 0.5) is 10.1 Å². The Kier molecular flexibility index (Phi) is 5.61. The van der Waals surface area contributed by atoms with E-state index in [2.05, 4.69) is 4.72 Å². The predicted molar refractivity (Wildman–Crippen MR) is 92.5 cm³/mol. The number of amides is 1. The van der Waals surface area contributed by atoms with E-state index in [1.165, 1.54) is 56.3 Å². The van der Waals surface area contributed by atoms with Crippen LogP contribution >= 0.6 is 0 Å². The lowest BCUT2D eigenvalue weighted by molar-refractivity contribution is -0.125. The number of anilines is 1. The van der Waals surface area contributed by atoms with Crippen molar-refractivity contribution in [3.8, 4) is 0 Å². The van der Waals surface area contributed by atoms with Gasteiger partial charge < -0.3 is 10.5 Å². The second-order valence-corrected chi connectivity index (χ2v) is 7.15. The minimum absolute atomic E-state index is 0.000590. The van der Waals surface area contributed by atoms with Gasteiger partial charge in [-0.25, -0.2) is 17.6 Å². The van der Waals surface area contributed by atoms with Gasteiger partial charge in [0.25, 0.3) is 15.9 Å². The molecule has 0 aliphatic heterocycles. The maximum absolute atomic E-state index is 13.6. The minimum Gasteiger partial charge on any atom is -0.449 e. The number of benzene rings is 2. The van der Waals surface area contributed by atoms with E-state index in [-0.39, 0.29) is 21.7 Å². The Bertz CT molecular complexity index is 942. The molecule has 0 saturated heterocycles. The number of halogens is 1. The number of sulfonamides is 1. The Labute approximate surface area is 150 Å². The molecule has 0 aliphatic carbocycles. The molecular formula is C17H17FN2O5S. The summed E-state index contributed by atoms with van der Waals surface area (Å²) in [6.45, 7) is 2.70. The number of carbonyl (C=O) groups excluding carboxylic acids is 2. The molecule has 1 unspecified atom stereocenters. The van der Waals surface area contributed by atoms with Gasteiger partial charge in [-0.15, -0.1) is 0 Å². The molecule has 0 aliphatic rings. The lowest BCUT2D eigenvalue weighted by Gasteiger charge is -2.12. The van der Waals surface area contributed by atoms with Crippen LogP contribution in [0.15, 0.2) is 47.4 Å². The van der Waals surface area contributed by atoms with Gasteiger partial charge in [-0.2, -0.15) is 0 Å². The zero-order chi connectivity index (χ0) is 19.5. The number of hydrogen-bond acceptors (Lipinski definition) is 5. The standard InChI is InChI=1S/C17H17FN2O5S/c1-10-14(18)4-3-5-15(10)26(23,24)20-13-8-6-12(7-9-13)17(22)25-11(2)16(19)21/h3-9,11,20H,1-2H3,(H2,19,21). The van der Waals surface area contributed by atoms with Crippen LogP contribution < -0.4 is 10.5 Å². The van der Waals surface area contributed by atoms with Crippen molar-refractivity contribution in [1.29, 1.82) is 0 Å². The van der Waals surface area contributed by atoms with E-state index in [1.807, 2.05) is 0 Å². The molecule has 2 rings (SSSR count). The first-order valence-electron chi connectivity index (χ1n) is 7.50. The molecule has 0 spiro atoms. The van der Waals surface area contributed by atoms with Crippen molar-refractivity contribution >= 4 is 27.6 Å². The quantitative estimate of drug-likeness (QED) is 0.744. The van der Waals surface area contributed by atoms with Gasteiger partial charge in [0.2, 0.25) is 0 Å². The van der Waals surface area contributed by atoms with Crippen molar-refractivity contribution in [2.45, 2.75) is 24.8 Å². The lowest BCUT2D eigenvalue weighted by atomic mass is 10.2. The van der Waals surface area contributed by atoms with E-state index in [4.69, 9.17) is 10.5 Å². The zero-order valence-electron chi connectivity index (χ0n) is 14.0. The summed E-state index contributed by atoms with van der Waals surface area (Å²) in [5.74, 6) is -2.19. The Morgan fingerprint density at radius 2 is 1.77 bits per heavy atom. The summed E-state index contributed by atoms with van der Waals surface area (Å²) in [5.41, 5.74) is 5.30. The number of hydrogen-bond donors (Lipinski definition) is 2. The average Bonchev–Trinajstić information content (AvgIpc) is 2.57. The van der Waals surface area contributed by atoms with Crippen LogP contribution in [0.3, 0.4) is 0 Å². The summed E-state index contributed by atoms with van der Waals surface area (Å²) in [6, 6.07) is 9.10. The van der Waals surface area contributed by atoms with Crippen molar-refractivity contribution in [3.05, 3.63) is 59.4 Å². The molecule has 0 fully saturated rings. The van der Waals surface area contributed by atoms with Gasteiger partial charge in [-0.05, 0) is 50.2 Å². The van der Waals surface area contributed by atoms with Crippen LogP contribution in [0.1, 0.15) is 22.8 Å². The number of ether oxygens (including phenoxy) is 1. The van der Waals surface area contributed by atoms with Gasteiger partial charge in [-0.1, -0.05) is 6.07 Å². The summed E-state index contributed by atoms with van der Waals surface area (Å²) < 4.78 is 45.5. The zero-order valence-corrected chi connectivity index (χ0v) is 14.8. The first-order valence-corrected chi connectivity index (χ1v) is 8.98. The van der Waals surface area contributed by atoms with Crippen LogP contribution in [0.5, 0.6) is 0 Å². The van der Waals surface area contributed by atoms with E-state index < -0.39 is 33.8 Å². The van der Waals surface area contributed by atoms with Crippen molar-refractivity contribution in [3.63, 3.8) is 0 Å². The van der Waals surface area contributed by atoms with Crippen LogP contribution in [0, 0.1) is 12.7 Å². The van der Waals surface area contributed by atoms with Crippen LogP contribution in [0.2, 0.25) is 0 Å². The van der Waals surface area contributed by atoms with E-state index in [0.29, 0.717) is 0 Å². The second-order valence-electron chi connectivity index (χ2n) is 5.50. The third-order valence-corrected chi connectivity index (χ3v) is 5.09. The van der Waals surface area contributed by atoms with Crippen LogP contribution in [0.25, 0.3) is 0 Å². The van der Waals surface area contributed by atoms with Gasteiger partial charge in [0.15, 0.2) is 6.10 Å². The van der Waals surface area contributed by atoms with Crippen molar-refractivity contribution < 1.29 is 27.1 Å². The van der Waals surface area contributed by atoms with E-state index >= 15 is 0 Å². The summed E-state index contributed by atoms with van der Waals surface area (Å²) in [4.78, 5) is 22.6. The summed E-state index contributed by atoms with van der Waals surface area (Å²) in [5, 5.41) is 0. The summed E-state index contributed by atoms with van der Waals surface area (Å²) in [6.07, 6.45) is -1.09. The molecule has 138 valence electrons. The van der Waals surface area contributed by atoms with Gasteiger partial charge in [-0.3, -0.25) is 9.52 Å². The third kappa shape index (κ3) is 4.37. The number of rotatable bonds is 6. The van der Waals surface area contributed by atoms with Gasteiger partial charge >= 0.3 is 5.97 Å². The maximum atomic E-state index is 13.6. The number of primary amides is 1. The monoisotopic (exact) mass is 380 g/mol. The van der Waals surface area contributed by atoms with Crippen LogP contribution in [-0.4, -0.2) is 26.4 Å². The van der Waals surface area contributed by atoms with E-state index in [1.54, 1.807) is 0 Å². The fourth-order valence-corrected chi connectivity index (χ4v) is 3.36. The van der Waals surface area contributed by atoms with Crippen LogP contribution in [-0.2, 0) is 19.6 Å². The molecule has 3 N–H and O–H groups in total. The molecule has 26 heavy (non-hydrogen) atoms. The molecule has 7 nitrogen and oxygen atoms in total. The van der Waals surface area contributed by atoms with Gasteiger partial charge in [0.1, 0.15) is 5.82 Å². The first kappa shape index (κ1) is 19.4. The lowest BCUT2D eigenvalue weighted by Crippen LogP contribution is -2.30. The number of carbonyl (C=O) groups is 2.